The van der Waals surface area contributed by atoms with Crippen LogP contribution in [-0.4, -0.2) is 25.4 Å². The first kappa shape index (κ1) is 16.3. The molecule has 0 saturated heterocycles. The molecule has 1 heterocycles. The summed E-state index contributed by atoms with van der Waals surface area (Å²) in [6.07, 6.45) is 2.72. The van der Waals surface area contributed by atoms with Crippen LogP contribution in [0.15, 0.2) is 45.9 Å². The fourth-order valence-electron chi connectivity index (χ4n) is 2.86. The number of fused-ring (bicyclic) bond motifs is 3. The van der Waals surface area contributed by atoms with Gasteiger partial charge in [-0.05, 0) is 63.5 Å². The molecule has 126 valence electrons. The van der Waals surface area contributed by atoms with Crippen molar-refractivity contribution in [3.05, 3.63) is 56.9 Å². The van der Waals surface area contributed by atoms with Gasteiger partial charge in [0.25, 0.3) is 0 Å². The summed E-state index contributed by atoms with van der Waals surface area (Å²) in [4.78, 5) is 10.5. The van der Waals surface area contributed by atoms with E-state index in [1.807, 2.05) is 30.5 Å². The number of aromatic nitrogens is 1. The number of nitrogens with zero attached hydrogens (tertiary/aromatic N) is 2. The Morgan fingerprint density at radius 3 is 2.80 bits per heavy atom. The first-order valence-corrected chi connectivity index (χ1v) is 9.33. The third kappa shape index (κ3) is 3.07. The van der Waals surface area contributed by atoms with Crippen LogP contribution in [-0.2, 0) is 6.42 Å². The smallest absolute Gasteiger partial charge is 0.209 e. The maximum absolute atomic E-state index is 5.30. The highest BCUT2D eigenvalue weighted by Crippen LogP contribution is 2.42. The number of aliphatic imine (C=N–C) groups is 1. The Hall–Kier alpha value is -2.18. The second-order valence-electron chi connectivity index (χ2n) is 5.62. The third-order valence-corrected chi connectivity index (χ3v) is 5.69. The van der Waals surface area contributed by atoms with Gasteiger partial charge < -0.3 is 9.47 Å². The molecule has 0 atom stereocenters. The molecule has 0 fully saturated rings. The lowest BCUT2D eigenvalue weighted by Gasteiger charge is -2.03. The molecule has 0 radical (unpaired) electrons. The highest BCUT2D eigenvalue weighted by Gasteiger charge is 2.23. The normalized spacial score (nSPS) is 12.3. The van der Waals surface area contributed by atoms with E-state index in [9.17, 15) is 0 Å². The van der Waals surface area contributed by atoms with Crippen molar-refractivity contribution in [1.82, 2.24) is 4.98 Å². The molecule has 25 heavy (non-hydrogen) atoms. The summed E-state index contributed by atoms with van der Waals surface area (Å²) in [5, 5.41) is 0.776. The van der Waals surface area contributed by atoms with Crippen molar-refractivity contribution in [2.24, 2.45) is 4.99 Å². The maximum atomic E-state index is 5.30. The number of hydrogen-bond donors (Lipinski definition) is 0. The maximum Gasteiger partial charge on any atom is 0.209 e. The van der Waals surface area contributed by atoms with E-state index < -0.39 is 0 Å². The molecule has 0 bridgehead atoms. The van der Waals surface area contributed by atoms with Crippen LogP contribution < -0.4 is 9.47 Å². The van der Waals surface area contributed by atoms with Crippen molar-refractivity contribution in [2.75, 3.05) is 14.2 Å². The van der Waals surface area contributed by atoms with Gasteiger partial charge in [-0.25, -0.2) is 9.98 Å². The Morgan fingerprint density at radius 2 is 2.04 bits per heavy atom. The van der Waals surface area contributed by atoms with Crippen LogP contribution in [0.4, 0.5) is 5.13 Å². The zero-order valence-corrected chi connectivity index (χ0v) is 16.1. The van der Waals surface area contributed by atoms with Crippen molar-refractivity contribution in [1.29, 1.82) is 0 Å². The average Bonchev–Trinajstić information content (AvgIpc) is 3.16. The lowest BCUT2D eigenvalue weighted by Crippen LogP contribution is -1.87. The highest BCUT2D eigenvalue weighted by molar-refractivity contribution is 9.10. The molecule has 3 aromatic rings. The number of hydrogen-bond acceptors (Lipinski definition) is 5. The first-order chi connectivity index (χ1) is 12.2. The Morgan fingerprint density at radius 1 is 1.16 bits per heavy atom. The topological polar surface area (TPSA) is 43.7 Å². The Labute approximate surface area is 158 Å². The predicted molar refractivity (Wildman–Crippen MR) is 105 cm³/mol. The van der Waals surface area contributed by atoms with Gasteiger partial charge in [-0.2, -0.15) is 0 Å². The zero-order chi connectivity index (χ0) is 17.4. The van der Waals surface area contributed by atoms with Crippen molar-refractivity contribution < 1.29 is 9.47 Å². The molecule has 1 aliphatic rings. The Bertz CT molecular complexity index is 982. The SMILES string of the molecule is COc1ccc2c(c1)Cc1sc(N=Cc3ccc(OC)c(Br)c3)nc1-2. The summed E-state index contributed by atoms with van der Waals surface area (Å²) >= 11 is 5.13. The molecule has 0 unspecified atom stereocenters. The molecule has 0 spiro atoms. The minimum atomic E-state index is 0.776. The van der Waals surface area contributed by atoms with Gasteiger partial charge in [0.15, 0.2) is 0 Å². The molecule has 1 aromatic heterocycles. The summed E-state index contributed by atoms with van der Waals surface area (Å²) in [5.74, 6) is 1.69. The van der Waals surface area contributed by atoms with Crippen LogP contribution in [0.1, 0.15) is 16.0 Å². The van der Waals surface area contributed by atoms with Crippen LogP contribution in [0, 0.1) is 0 Å². The third-order valence-electron chi connectivity index (χ3n) is 4.10. The first-order valence-electron chi connectivity index (χ1n) is 7.72. The van der Waals surface area contributed by atoms with Crippen molar-refractivity contribution in [3.8, 4) is 22.8 Å². The fourth-order valence-corrected chi connectivity index (χ4v) is 4.37. The van der Waals surface area contributed by atoms with Crippen LogP contribution in [0.2, 0.25) is 0 Å². The zero-order valence-electron chi connectivity index (χ0n) is 13.7. The Balaban J connectivity index is 1.59. The van der Waals surface area contributed by atoms with E-state index in [1.54, 1.807) is 25.6 Å². The van der Waals surface area contributed by atoms with Gasteiger partial charge in [0.05, 0.1) is 24.4 Å². The highest BCUT2D eigenvalue weighted by atomic mass is 79.9. The quantitative estimate of drug-likeness (QED) is 0.428. The minimum Gasteiger partial charge on any atom is -0.497 e. The lowest BCUT2D eigenvalue weighted by molar-refractivity contribution is 0.412. The molecule has 0 aliphatic heterocycles. The number of ether oxygens (including phenoxy) is 2. The summed E-state index contributed by atoms with van der Waals surface area (Å²) in [6, 6.07) is 12.0. The number of rotatable bonds is 4. The van der Waals surface area contributed by atoms with Gasteiger partial charge in [0, 0.05) is 23.1 Å². The van der Waals surface area contributed by atoms with E-state index in [2.05, 4.69) is 33.1 Å². The minimum absolute atomic E-state index is 0.776. The van der Waals surface area contributed by atoms with Crippen molar-refractivity contribution in [2.45, 2.75) is 6.42 Å². The van der Waals surface area contributed by atoms with Gasteiger partial charge in [0.1, 0.15) is 11.5 Å². The number of methoxy groups -OCH3 is 2. The summed E-state index contributed by atoms with van der Waals surface area (Å²) < 4.78 is 11.4. The lowest BCUT2D eigenvalue weighted by atomic mass is 10.1. The number of thiazole rings is 1. The molecule has 0 N–H and O–H groups in total. The predicted octanol–water partition coefficient (Wildman–Crippen LogP) is 5.24. The molecular formula is C19H15BrN2O2S. The van der Waals surface area contributed by atoms with Gasteiger partial charge in [-0.15, -0.1) is 0 Å². The van der Waals surface area contributed by atoms with Crippen LogP contribution in [0.3, 0.4) is 0 Å². The van der Waals surface area contributed by atoms with Crippen LogP contribution in [0.5, 0.6) is 11.5 Å². The van der Waals surface area contributed by atoms with E-state index in [0.29, 0.717) is 0 Å². The molecular weight excluding hydrogens is 400 g/mol. The summed E-state index contributed by atoms with van der Waals surface area (Å²) in [5.41, 5.74) is 4.49. The Kier molecular flexibility index (Phi) is 4.31. The van der Waals surface area contributed by atoms with Gasteiger partial charge >= 0.3 is 0 Å². The molecule has 2 aromatic carbocycles. The van der Waals surface area contributed by atoms with Gasteiger partial charge in [-0.3, -0.25) is 0 Å². The second-order valence-corrected chi connectivity index (χ2v) is 7.54. The largest absolute Gasteiger partial charge is 0.497 e. The second kappa shape index (κ2) is 6.61. The van der Waals surface area contributed by atoms with Crippen molar-refractivity contribution >= 4 is 38.6 Å². The summed E-state index contributed by atoms with van der Waals surface area (Å²) in [6.45, 7) is 0. The molecule has 4 rings (SSSR count). The van der Waals surface area contributed by atoms with E-state index in [4.69, 9.17) is 14.5 Å². The number of benzene rings is 2. The van der Waals surface area contributed by atoms with Gasteiger partial charge in [-0.1, -0.05) is 11.3 Å². The molecule has 1 aliphatic carbocycles. The molecule has 6 heteroatoms. The van der Waals surface area contributed by atoms with Gasteiger partial charge in [0.2, 0.25) is 5.13 Å². The summed E-state index contributed by atoms with van der Waals surface area (Å²) in [7, 11) is 3.34. The number of halogens is 1. The molecule has 0 amide bonds. The fraction of sp³-hybridized carbons (Fsp3) is 0.158. The van der Waals surface area contributed by atoms with E-state index in [1.165, 1.54) is 16.0 Å². The molecule has 0 saturated carbocycles. The van der Waals surface area contributed by atoms with Crippen molar-refractivity contribution in [3.63, 3.8) is 0 Å². The van der Waals surface area contributed by atoms with E-state index in [0.717, 1.165) is 38.8 Å². The molecule has 4 nitrogen and oxygen atoms in total. The van der Waals surface area contributed by atoms with E-state index in [-0.39, 0.29) is 0 Å². The van der Waals surface area contributed by atoms with E-state index >= 15 is 0 Å². The average molecular weight is 415 g/mol. The monoisotopic (exact) mass is 414 g/mol. The standard InChI is InChI=1S/C19H15BrN2O2S/c1-23-13-4-5-14-12(8-13)9-17-18(14)22-19(25-17)21-10-11-3-6-16(24-2)15(20)7-11/h3-8,10H,9H2,1-2H3. The van der Waals surface area contributed by atoms with Crippen LogP contribution in [0.25, 0.3) is 11.3 Å². The van der Waals surface area contributed by atoms with Crippen LogP contribution >= 0.6 is 27.3 Å².